The van der Waals surface area contributed by atoms with Crippen LogP contribution >= 0.6 is 0 Å². The molecule has 0 aliphatic carbocycles. The van der Waals surface area contributed by atoms with Crippen LogP contribution in [-0.2, 0) is 17.7 Å². The first-order valence-corrected chi connectivity index (χ1v) is 9.98. The van der Waals surface area contributed by atoms with E-state index in [2.05, 4.69) is 19.4 Å². The van der Waals surface area contributed by atoms with E-state index < -0.39 is 11.2 Å². The van der Waals surface area contributed by atoms with Crippen LogP contribution in [0.25, 0.3) is 0 Å². The number of nitrogens with one attached hydrogen (secondary N) is 2. The molecule has 0 bridgehead atoms. The highest BCUT2D eigenvalue weighted by atomic mass is 32.2. The molecule has 1 atom stereocenters. The maximum Gasteiger partial charge on any atom is 0.268 e. The number of amidine groups is 1. The molecule has 1 aliphatic rings. The molecule has 1 aliphatic heterocycles. The molecule has 3 rings (SSSR count). The molecule has 154 valence electrons. The van der Waals surface area contributed by atoms with Crippen LogP contribution in [-0.4, -0.2) is 52.3 Å². The van der Waals surface area contributed by atoms with Crippen molar-refractivity contribution in [1.82, 2.24) is 10.2 Å². The smallest absolute Gasteiger partial charge is 0.268 e. The van der Waals surface area contributed by atoms with Crippen LogP contribution in [0.15, 0.2) is 37.5 Å². The van der Waals surface area contributed by atoms with E-state index in [0.29, 0.717) is 23.8 Å². The maximum absolute atomic E-state index is 12.2. The van der Waals surface area contributed by atoms with Gasteiger partial charge in [0.1, 0.15) is 17.2 Å². The fourth-order valence-corrected chi connectivity index (χ4v) is 3.43. The molecule has 0 spiro atoms. The Morgan fingerprint density at radius 3 is 2.62 bits per heavy atom. The topological polar surface area (TPSA) is 120 Å². The standard InChI is InChI=1S/C19H23N5O4S/c1-11-8-13(28-12(11)2)9-21-18-16(22-29(27)23-18)10-20-15-7-5-6-14(17(15)25)19(26)24(3)4/h5-8,20,25H,9-10H2,1-4H3,(H,21,23). The molecule has 1 aromatic heterocycles. The SMILES string of the molecule is Cc1cc(CNC2=NS(=O)N=C2CNc2cccc(C(=O)N(C)C)c2O)oc1C. The molecule has 29 heavy (non-hydrogen) atoms. The van der Waals surface area contributed by atoms with Crippen molar-refractivity contribution in [2.75, 3.05) is 26.0 Å². The molecular formula is C19H23N5O4S. The zero-order chi connectivity index (χ0) is 21.1. The largest absolute Gasteiger partial charge is 0.505 e. The number of phenols is 1. The molecule has 0 saturated carbocycles. The Morgan fingerprint density at radius 1 is 1.21 bits per heavy atom. The van der Waals surface area contributed by atoms with Crippen molar-refractivity contribution in [3.8, 4) is 5.75 Å². The van der Waals surface area contributed by atoms with Gasteiger partial charge in [0, 0.05) is 14.1 Å². The number of hydrogen-bond donors (Lipinski definition) is 3. The minimum absolute atomic E-state index is 0.154. The number of hydrogen-bond acceptors (Lipinski definition) is 6. The Labute approximate surface area is 171 Å². The molecule has 3 N–H and O–H groups in total. The van der Waals surface area contributed by atoms with E-state index in [9.17, 15) is 14.1 Å². The van der Waals surface area contributed by atoms with Gasteiger partial charge in [-0.1, -0.05) is 6.07 Å². The first-order valence-electron chi connectivity index (χ1n) is 8.92. The highest BCUT2D eigenvalue weighted by molar-refractivity contribution is 7.83. The monoisotopic (exact) mass is 417 g/mol. The van der Waals surface area contributed by atoms with Gasteiger partial charge in [0.05, 0.1) is 24.3 Å². The van der Waals surface area contributed by atoms with Crippen molar-refractivity contribution in [3.63, 3.8) is 0 Å². The Hall–Kier alpha value is -3.14. The van der Waals surface area contributed by atoms with E-state index >= 15 is 0 Å². The summed E-state index contributed by atoms with van der Waals surface area (Å²) in [5.74, 6) is 1.51. The molecule has 0 radical (unpaired) electrons. The molecule has 1 unspecified atom stereocenters. The second kappa shape index (κ2) is 8.48. The molecule has 2 heterocycles. The molecule has 0 fully saturated rings. The van der Waals surface area contributed by atoms with Gasteiger partial charge in [-0.2, -0.15) is 4.40 Å². The van der Waals surface area contributed by atoms with E-state index in [4.69, 9.17) is 4.42 Å². The zero-order valence-corrected chi connectivity index (χ0v) is 17.5. The van der Waals surface area contributed by atoms with E-state index in [-0.39, 0.29) is 23.8 Å². The van der Waals surface area contributed by atoms with E-state index in [0.717, 1.165) is 17.1 Å². The number of phenolic OH excluding ortho intramolecular Hbond substituents is 1. The highest BCUT2D eigenvalue weighted by Gasteiger charge is 2.21. The zero-order valence-electron chi connectivity index (χ0n) is 16.6. The normalized spacial score (nSPS) is 15.7. The summed E-state index contributed by atoms with van der Waals surface area (Å²) in [5.41, 5.74) is 2.06. The van der Waals surface area contributed by atoms with Crippen molar-refractivity contribution in [3.05, 3.63) is 46.9 Å². The summed E-state index contributed by atoms with van der Waals surface area (Å²) >= 11 is -1.70. The summed E-state index contributed by atoms with van der Waals surface area (Å²) in [6, 6.07) is 6.79. The molecule has 1 aromatic carbocycles. The number of amides is 1. The third-order valence-electron chi connectivity index (χ3n) is 4.40. The molecule has 1 amide bonds. The van der Waals surface area contributed by atoms with Crippen molar-refractivity contribution in [2.45, 2.75) is 20.4 Å². The van der Waals surface area contributed by atoms with Crippen molar-refractivity contribution >= 4 is 34.3 Å². The quantitative estimate of drug-likeness (QED) is 0.618. The van der Waals surface area contributed by atoms with E-state index in [1.54, 1.807) is 32.3 Å². The van der Waals surface area contributed by atoms with Crippen LogP contribution in [0.5, 0.6) is 5.75 Å². The number of para-hydroxylation sites is 1. The number of anilines is 1. The van der Waals surface area contributed by atoms with Gasteiger partial charge < -0.3 is 25.1 Å². The lowest BCUT2D eigenvalue weighted by Crippen LogP contribution is -2.33. The summed E-state index contributed by atoms with van der Waals surface area (Å²) in [5, 5.41) is 16.5. The fourth-order valence-electron chi connectivity index (χ4n) is 2.73. The summed E-state index contributed by atoms with van der Waals surface area (Å²) in [6.07, 6.45) is 0. The number of furan rings is 1. The van der Waals surface area contributed by atoms with Crippen LogP contribution in [0.2, 0.25) is 0 Å². The number of benzene rings is 1. The van der Waals surface area contributed by atoms with E-state index in [1.807, 2.05) is 19.9 Å². The highest BCUT2D eigenvalue weighted by Crippen LogP contribution is 2.28. The Balaban J connectivity index is 1.67. The lowest BCUT2D eigenvalue weighted by atomic mass is 10.1. The first kappa shape index (κ1) is 20.6. The third-order valence-corrected chi connectivity index (χ3v) is 5.11. The average Bonchev–Trinajstić information content (AvgIpc) is 3.19. The number of nitrogens with zero attached hydrogens (tertiary/aromatic N) is 3. The lowest BCUT2D eigenvalue weighted by molar-refractivity contribution is 0.0824. The molecule has 9 nitrogen and oxygen atoms in total. The van der Waals surface area contributed by atoms with Gasteiger partial charge in [0.15, 0.2) is 11.6 Å². The van der Waals surface area contributed by atoms with Gasteiger partial charge in [-0.3, -0.25) is 4.79 Å². The van der Waals surface area contributed by atoms with Gasteiger partial charge >= 0.3 is 0 Å². The van der Waals surface area contributed by atoms with Gasteiger partial charge in [0.25, 0.3) is 17.1 Å². The lowest BCUT2D eigenvalue weighted by Gasteiger charge is -2.15. The second-order valence-electron chi connectivity index (χ2n) is 6.77. The number of carbonyl (C=O) groups is 1. The minimum atomic E-state index is -1.70. The Kier molecular flexibility index (Phi) is 6.02. The number of rotatable bonds is 6. The first-order chi connectivity index (χ1) is 13.8. The van der Waals surface area contributed by atoms with E-state index in [1.165, 1.54) is 4.90 Å². The maximum atomic E-state index is 12.2. The fraction of sp³-hybridized carbons (Fsp3) is 0.316. The van der Waals surface area contributed by atoms with Crippen molar-refractivity contribution in [2.24, 2.45) is 8.80 Å². The Morgan fingerprint density at radius 2 is 1.97 bits per heavy atom. The molecule has 0 saturated heterocycles. The molecule has 2 aromatic rings. The summed E-state index contributed by atoms with van der Waals surface area (Å²) in [7, 11) is 3.22. The summed E-state index contributed by atoms with van der Waals surface area (Å²) in [4.78, 5) is 13.5. The Bertz CT molecular complexity index is 1010. The van der Waals surface area contributed by atoms with Crippen LogP contribution in [0.4, 0.5) is 5.69 Å². The molecule has 10 heteroatoms. The predicted molar refractivity (Wildman–Crippen MR) is 113 cm³/mol. The average molecular weight is 417 g/mol. The van der Waals surface area contributed by atoms with Crippen LogP contribution < -0.4 is 10.6 Å². The summed E-state index contributed by atoms with van der Waals surface area (Å²) in [6.45, 7) is 4.39. The van der Waals surface area contributed by atoms with Crippen LogP contribution in [0.1, 0.15) is 27.4 Å². The third kappa shape index (κ3) is 4.65. The van der Waals surface area contributed by atoms with Crippen molar-refractivity contribution < 1.29 is 18.5 Å². The van der Waals surface area contributed by atoms with Crippen molar-refractivity contribution in [1.29, 1.82) is 0 Å². The minimum Gasteiger partial charge on any atom is -0.505 e. The summed E-state index contributed by atoms with van der Waals surface area (Å²) < 4.78 is 25.4. The number of aromatic hydroxyl groups is 1. The van der Waals surface area contributed by atoms with Gasteiger partial charge in [0.2, 0.25) is 0 Å². The number of carbonyl (C=O) groups excluding carboxylic acids is 1. The number of aryl methyl sites for hydroxylation is 2. The van der Waals surface area contributed by atoms with Gasteiger partial charge in [-0.25, -0.2) is 4.21 Å². The van der Waals surface area contributed by atoms with Gasteiger partial charge in [-0.05, 0) is 37.6 Å². The predicted octanol–water partition coefficient (Wildman–Crippen LogP) is 1.94. The molecular weight excluding hydrogens is 394 g/mol. The van der Waals surface area contributed by atoms with Crippen LogP contribution in [0.3, 0.4) is 0 Å². The van der Waals surface area contributed by atoms with Gasteiger partial charge in [-0.15, -0.1) is 4.40 Å². The second-order valence-corrected chi connectivity index (χ2v) is 7.60. The van der Waals surface area contributed by atoms with Crippen LogP contribution in [0, 0.1) is 13.8 Å².